The van der Waals surface area contributed by atoms with Crippen molar-refractivity contribution < 1.29 is 8.78 Å². The van der Waals surface area contributed by atoms with Crippen molar-refractivity contribution in [2.45, 2.75) is 19.4 Å². The van der Waals surface area contributed by atoms with E-state index in [9.17, 15) is 8.78 Å². The standard InChI is InChI=1S/C10H11F2N/c1-6-10-7(4-5-13-6)8(11)2-3-9(10)12/h2-3,6,13H,4-5H2,1H3/t6-/m0/s1. The summed E-state index contributed by atoms with van der Waals surface area (Å²) in [6.07, 6.45) is 0.573. The molecule has 1 atom stereocenters. The molecule has 0 bridgehead atoms. The van der Waals surface area contributed by atoms with E-state index >= 15 is 0 Å². The minimum absolute atomic E-state index is 0.0838. The first-order valence-electron chi connectivity index (χ1n) is 4.40. The van der Waals surface area contributed by atoms with Crippen molar-refractivity contribution in [1.29, 1.82) is 0 Å². The fraction of sp³-hybridized carbons (Fsp3) is 0.400. The van der Waals surface area contributed by atoms with E-state index in [-0.39, 0.29) is 17.7 Å². The Bertz CT molecular complexity index is 336. The largest absolute Gasteiger partial charge is 0.310 e. The Balaban J connectivity index is 2.60. The average Bonchev–Trinajstić information content (AvgIpc) is 2.12. The molecule has 0 radical (unpaired) electrons. The Morgan fingerprint density at radius 3 is 2.69 bits per heavy atom. The summed E-state index contributed by atoms with van der Waals surface area (Å²) in [5.41, 5.74) is 1.03. The van der Waals surface area contributed by atoms with Gasteiger partial charge in [0.15, 0.2) is 0 Å². The lowest BCUT2D eigenvalue weighted by atomic mass is 9.94. The van der Waals surface area contributed by atoms with Gasteiger partial charge in [-0.15, -0.1) is 0 Å². The lowest BCUT2D eigenvalue weighted by molar-refractivity contribution is 0.478. The molecule has 70 valence electrons. The van der Waals surface area contributed by atoms with E-state index in [1.165, 1.54) is 12.1 Å². The maximum absolute atomic E-state index is 13.3. The van der Waals surface area contributed by atoms with E-state index in [1.54, 1.807) is 0 Å². The van der Waals surface area contributed by atoms with Gasteiger partial charge in [0, 0.05) is 11.6 Å². The van der Waals surface area contributed by atoms with Gasteiger partial charge < -0.3 is 5.32 Å². The van der Waals surface area contributed by atoms with Crippen LogP contribution in [0.25, 0.3) is 0 Å². The molecule has 13 heavy (non-hydrogen) atoms. The summed E-state index contributed by atoms with van der Waals surface area (Å²) in [6.45, 7) is 2.56. The Kier molecular flexibility index (Phi) is 2.04. The molecule has 1 aromatic rings. The molecular formula is C10H11F2N. The molecule has 1 aromatic carbocycles. The van der Waals surface area contributed by atoms with E-state index in [4.69, 9.17) is 0 Å². The SMILES string of the molecule is C[C@@H]1NCCc2c(F)ccc(F)c21. The van der Waals surface area contributed by atoms with Crippen LogP contribution in [0.5, 0.6) is 0 Å². The zero-order valence-electron chi connectivity index (χ0n) is 7.40. The molecule has 0 fully saturated rings. The molecule has 0 spiro atoms. The van der Waals surface area contributed by atoms with Crippen LogP contribution in [-0.4, -0.2) is 6.54 Å². The number of hydrogen-bond acceptors (Lipinski definition) is 1. The van der Waals surface area contributed by atoms with Gasteiger partial charge in [0.05, 0.1) is 0 Å². The van der Waals surface area contributed by atoms with Crippen LogP contribution in [0.15, 0.2) is 12.1 Å². The average molecular weight is 183 g/mol. The molecule has 1 N–H and O–H groups in total. The molecule has 0 aliphatic carbocycles. The number of rotatable bonds is 0. The van der Waals surface area contributed by atoms with Crippen molar-refractivity contribution in [3.8, 4) is 0 Å². The van der Waals surface area contributed by atoms with E-state index in [0.717, 1.165) is 0 Å². The van der Waals surface area contributed by atoms with Crippen LogP contribution in [0.4, 0.5) is 8.78 Å². The molecule has 0 amide bonds. The van der Waals surface area contributed by atoms with Crippen molar-refractivity contribution in [3.63, 3.8) is 0 Å². The number of hydrogen-bond donors (Lipinski definition) is 1. The predicted molar refractivity (Wildman–Crippen MR) is 46.5 cm³/mol. The third-order valence-electron chi connectivity index (χ3n) is 2.51. The summed E-state index contributed by atoms with van der Waals surface area (Å²) in [6, 6.07) is 2.31. The lowest BCUT2D eigenvalue weighted by Gasteiger charge is -2.24. The summed E-state index contributed by atoms with van der Waals surface area (Å²) >= 11 is 0. The Hall–Kier alpha value is -0.960. The van der Waals surface area contributed by atoms with Gasteiger partial charge >= 0.3 is 0 Å². The highest BCUT2D eigenvalue weighted by Crippen LogP contribution is 2.27. The van der Waals surface area contributed by atoms with Crippen LogP contribution in [-0.2, 0) is 6.42 Å². The predicted octanol–water partition coefficient (Wildman–Crippen LogP) is 2.17. The molecule has 2 rings (SSSR count). The van der Waals surface area contributed by atoms with Crippen molar-refractivity contribution in [2.24, 2.45) is 0 Å². The van der Waals surface area contributed by atoms with Crippen molar-refractivity contribution in [3.05, 3.63) is 34.9 Å². The van der Waals surface area contributed by atoms with Gasteiger partial charge in [-0.25, -0.2) is 8.78 Å². The lowest BCUT2D eigenvalue weighted by Crippen LogP contribution is -2.29. The fourth-order valence-corrected chi connectivity index (χ4v) is 1.85. The second-order valence-corrected chi connectivity index (χ2v) is 3.35. The van der Waals surface area contributed by atoms with Crippen molar-refractivity contribution in [2.75, 3.05) is 6.54 Å². The maximum atomic E-state index is 13.3. The molecule has 0 unspecified atom stereocenters. The van der Waals surface area contributed by atoms with Gasteiger partial charge in [0.2, 0.25) is 0 Å². The Morgan fingerprint density at radius 2 is 2.00 bits per heavy atom. The molecule has 1 aliphatic rings. The third-order valence-corrected chi connectivity index (χ3v) is 2.51. The molecule has 3 heteroatoms. The third kappa shape index (κ3) is 1.33. The molecule has 0 saturated carbocycles. The van der Waals surface area contributed by atoms with Crippen LogP contribution in [0.1, 0.15) is 24.1 Å². The van der Waals surface area contributed by atoms with Crippen LogP contribution in [0.3, 0.4) is 0 Å². The van der Waals surface area contributed by atoms with Crippen molar-refractivity contribution >= 4 is 0 Å². The van der Waals surface area contributed by atoms with Gasteiger partial charge in [0.1, 0.15) is 11.6 Å². The summed E-state index contributed by atoms with van der Waals surface area (Å²) in [5, 5.41) is 3.10. The fourth-order valence-electron chi connectivity index (χ4n) is 1.85. The van der Waals surface area contributed by atoms with Gasteiger partial charge in [-0.2, -0.15) is 0 Å². The maximum Gasteiger partial charge on any atom is 0.128 e. The zero-order chi connectivity index (χ0) is 9.42. The minimum atomic E-state index is -0.309. The highest BCUT2D eigenvalue weighted by atomic mass is 19.1. The number of halogens is 2. The van der Waals surface area contributed by atoms with Gasteiger partial charge in [-0.1, -0.05) is 0 Å². The zero-order valence-corrected chi connectivity index (χ0v) is 7.40. The summed E-state index contributed by atoms with van der Waals surface area (Å²) in [5.74, 6) is -0.596. The van der Waals surface area contributed by atoms with Gasteiger partial charge in [-0.3, -0.25) is 0 Å². The Labute approximate surface area is 75.8 Å². The first-order valence-corrected chi connectivity index (χ1v) is 4.40. The molecule has 1 heterocycles. The quantitative estimate of drug-likeness (QED) is 0.650. The van der Waals surface area contributed by atoms with Gasteiger partial charge in [0.25, 0.3) is 0 Å². The first-order chi connectivity index (χ1) is 6.20. The summed E-state index contributed by atoms with van der Waals surface area (Å²) in [7, 11) is 0. The molecule has 1 aliphatic heterocycles. The van der Waals surface area contributed by atoms with Gasteiger partial charge in [-0.05, 0) is 37.6 Å². The number of fused-ring (bicyclic) bond motifs is 1. The van der Waals surface area contributed by atoms with Crippen LogP contribution < -0.4 is 5.32 Å². The Morgan fingerprint density at radius 1 is 1.31 bits per heavy atom. The first kappa shape index (κ1) is 8.63. The molecule has 0 saturated heterocycles. The van der Waals surface area contributed by atoms with Crippen LogP contribution in [0.2, 0.25) is 0 Å². The number of benzene rings is 1. The monoisotopic (exact) mass is 183 g/mol. The van der Waals surface area contributed by atoms with E-state index in [0.29, 0.717) is 24.1 Å². The molecular weight excluding hydrogens is 172 g/mol. The summed E-state index contributed by atoms with van der Waals surface area (Å²) < 4.78 is 26.5. The highest BCUT2D eigenvalue weighted by Gasteiger charge is 2.22. The normalized spacial score (nSPS) is 21.3. The van der Waals surface area contributed by atoms with Crippen LogP contribution >= 0.6 is 0 Å². The minimum Gasteiger partial charge on any atom is -0.310 e. The molecule has 0 aromatic heterocycles. The topological polar surface area (TPSA) is 12.0 Å². The second kappa shape index (κ2) is 3.07. The molecule has 1 nitrogen and oxygen atoms in total. The van der Waals surface area contributed by atoms with E-state index < -0.39 is 0 Å². The van der Waals surface area contributed by atoms with Crippen molar-refractivity contribution in [1.82, 2.24) is 5.32 Å². The number of nitrogens with one attached hydrogen (secondary N) is 1. The second-order valence-electron chi connectivity index (χ2n) is 3.35. The van der Waals surface area contributed by atoms with E-state index in [1.807, 2.05) is 6.92 Å². The van der Waals surface area contributed by atoms with E-state index in [2.05, 4.69) is 5.32 Å². The smallest absolute Gasteiger partial charge is 0.128 e. The summed E-state index contributed by atoms with van der Waals surface area (Å²) in [4.78, 5) is 0. The highest BCUT2D eigenvalue weighted by molar-refractivity contribution is 5.34. The van der Waals surface area contributed by atoms with Crippen LogP contribution in [0, 0.1) is 11.6 Å².